The lowest BCUT2D eigenvalue weighted by Crippen LogP contribution is -2.05. The number of aromatic nitrogens is 1. The Hall–Kier alpha value is -1.54. The number of pyridine rings is 1. The molecule has 0 aliphatic heterocycles. The largest absolute Gasteiger partial charge is 0.477 e. The summed E-state index contributed by atoms with van der Waals surface area (Å²) in [5, 5.41) is 11.0. The predicted octanol–water partition coefficient (Wildman–Crippen LogP) is 4.15. The van der Waals surface area contributed by atoms with Gasteiger partial charge in [-0.1, -0.05) is 0 Å². The van der Waals surface area contributed by atoms with Gasteiger partial charge in [-0.05, 0) is 29.1 Å². The number of carbonyl (C=O) groups is 1. The average molecular weight is 319 g/mol. The number of alkyl halides is 3. The molecule has 3 nitrogen and oxygen atoms in total. The van der Waals surface area contributed by atoms with E-state index in [1.165, 1.54) is 17.8 Å². The van der Waals surface area contributed by atoms with Crippen molar-refractivity contribution in [2.75, 3.05) is 0 Å². The van der Waals surface area contributed by atoms with Crippen LogP contribution < -0.4 is 0 Å². The molecule has 106 valence electrons. The van der Waals surface area contributed by atoms with Crippen molar-refractivity contribution in [3.05, 3.63) is 45.8 Å². The molecule has 0 saturated heterocycles. The highest BCUT2D eigenvalue weighted by Gasteiger charge is 2.30. The van der Waals surface area contributed by atoms with E-state index in [-0.39, 0.29) is 4.88 Å². The first-order chi connectivity index (χ1) is 9.38. The van der Waals surface area contributed by atoms with Crippen molar-refractivity contribution in [1.82, 2.24) is 4.98 Å². The third kappa shape index (κ3) is 3.51. The van der Waals surface area contributed by atoms with Gasteiger partial charge in [0.05, 0.1) is 10.6 Å². The summed E-state index contributed by atoms with van der Waals surface area (Å²) in [7, 11) is 0. The normalized spacial score (nSPS) is 11.6. The molecule has 0 saturated carbocycles. The van der Waals surface area contributed by atoms with Crippen LogP contribution in [0.1, 0.15) is 20.8 Å². The monoisotopic (exact) mass is 319 g/mol. The van der Waals surface area contributed by atoms with Gasteiger partial charge in [-0.15, -0.1) is 23.1 Å². The van der Waals surface area contributed by atoms with E-state index in [0.717, 1.165) is 23.6 Å². The molecule has 2 aromatic rings. The number of thiophene rings is 1. The van der Waals surface area contributed by atoms with E-state index in [1.54, 1.807) is 11.4 Å². The fourth-order valence-corrected chi connectivity index (χ4v) is 3.11. The molecule has 1 N–H and O–H groups in total. The summed E-state index contributed by atoms with van der Waals surface area (Å²) in [4.78, 5) is 14.9. The number of aromatic carboxylic acids is 1. The quantitative estimate of drug-likeness (QED) is 0.860. The molecule has 2 aromatic heterocycles. The fourth-order valence-electron chi connectivity index (χ4n) is 1.42. The van der Waals surface area contributed by atoms with Crippen molar-refractivity contribution in [2.24, 2.45) is 0 Å². The van der Waals surface area contributed by atoms with Crippen molar-refractivity contribution in [2.45, 2.75) is 17.0 Å². The minimum atomic E-state index is -4.40. The highest BCUT2D eigenvalue weighted by atomic mass is 32.2. The molecular formula is C12H8F3NO2S2. The van der Waals surface area contributed by atoms with Gasteiger partial charge in [-0.2, -0.15) is 13.2 Å². The molecule has 8 heteroatoms. The van der Waals surface area contributed by atoms with Crippen molar-refractivity contribution in [1.29, 1.82) is 0 Å². The summed E-state index contributed by atoms with van der Waals surface area (Å²) in [6.07, 6.45) is -3.63. The first-order valence-corrected chi connectivity index (χ1v) is 7.20. The van der Waals surface area contributed by atoms with Crippen molar-refractivity contribution < 1.29 is 23.1 Å². The van der Waals surface area contributed by atoms with Gasteiger partial charge in [0, 0.05) is 11.9 Å². The first-order valence-electron chi connectivity index (χ1n) is 5.33. The van der Waals surface area contributed by atoms with E-state index >= 15 is 0 Å². The molecule has 0 bridgehead atoms. The summed E-state index contributed by atoms with van der Waals surface area (Å²) in [5.41, 5.74) is -0.169. The molecule has 0 spiro atoms. The van der Waals surface area contributed by atoms with Crippen LogP contribution in [0, 0.1) is 0 Å². The van der Waals surface area contributed by atoms with Crippen LogP contribution >= 0.6 is 23.1 Å². The highest BCUT2D eigenvalue weighted by Crippen LogP contribution is 2.31. The van der Waals surface area contributed by atoms with E-state index in [9.17, 15) is 18.0 Å². The van der Waals surface area contributed by atoms with Gasteiger partial charge in [0.15, 0.2) is 0 Å². The van der Waals surface area contributed by atoms with Crippen molar-refractivity contribution in [3.63, 3.8) is 0 Å². The van der Waals surface area contributed by atoms with Gasteiger partial charge in [0.2, 0.25) is 0 Å². The summed E-state index contributed by atoms with van der Waals surface area (Å²) < 4.78 is 37.1. The van der Waals surface area contributed by atoms with E-state index in [1.807, 2.05) is 0 Å². The summed E-state index contributed by atoms with van der Waals surface area (Å²) in [5.74, 6) is -0.653. The number of thioether (sulfide) groups is 1. The lowest BCUT2D eigenvalue weighted by atomic mass is 10.3. The zero-order valence-corrected chi connectivity index (χ0v) is 11.5. The van der Waals surface area contributed by atoms with Crippen LogP contribution in [0.4, 0.5) is 13.2 Å². The Labute approximate surface area is 120 Å². The third-order valence-electron chi connectivity index (χ3n) is 2.38. The lowest BCUT2D eigenvalue weighted by molar-refractivity contribution is -0.137. The average Bonchev–Trinajstić information content (AvgIpc) is 2.84. The number of rotatable bonds is 4. The van der Waals surface area contributed by atoms with Crippen LogP contribution in [0.3, 0.4) is 0 Å². The van der Waals surface area contributed by atoms with Crippen LogP contribution in [0.15, 0.2) is 34.8 Å². The predicted molar refractivity (Wildman–Crippen MR) is 70.1 cm³/mol. The minimum absolute atomic E-state index is 0.240. The second kappa shape index (κ2) is 5.84. The highest BCUT2D eigenvalue weighted by molar-refractivity contribution is 7.98. The fraction of sp³-hybridized carbons (Fsp3) is 0.167. The Kier molecular flexibility index (Phi) is 4.34. The molecule has 20 heavy (non-hydrogen) atoms. The van der Waals surface area contributed by atoms with Gasteiger partial charge in [-0.3, -0.25) is 0 Å². The zero-order valence-electron chi connectivity index (χ0n) is 9.85. The third-order valence-corrected chi connectivity index (χ3v) is 4.32. The molecule has 0 fully saturated rings. The molecule has 0 aliphatic rings. The first kappa shape index (κ1) is 14.9. The molecule has 0 aromatic carbocycles. The Morgan fingerprint density at radius 3 is 2.65 bits per heavy atom. The van der Waals surface area contributed by atoms with E-state index in [4.69, 9.17) is 5.11 Å². The van der Waals surface area contributed by atoms with Crippen LogP contribution in [0.5, 0.6) is 0 Å². The lowest BCUT2D eigenvalue weighted by Gasteiger charge is -2.06. The maximum atomic E-state index is 12.4. The number of hydrogen-bond acceptors (Lipinski definition) is 4. The number of hydrogen-bond donors (Lipinski definition) is 1. The van der Waals surface area contributed by atoms with E-state index in [0.29, 0.717) is 16.3 Å². The van der Waals surface area contributed by atoms with Crippen LogP contribution in [-0.2, 0) is 11.9 Å². The van der Waals surface area contributed by atoms with Gasteiger partial charge >= 0.3 is 12.1 Å². The maximum absolute atomic E-state index is 12.4. The zero-order chi connectivity index (χ0) is 14.8. The summed E-state index contributed by atoms with van der Waals surface area (Å²) in [6.45, 7) is 0. The van der Waals surface area contributed by atoms with Gasteiger partial charge in [0.1, 0.15) is 4.88 Å². The minimum Gasteiger partial charge on any atom is -0.477 e. The summed E-state index contributed by atoms with van der Waals surface area (Å²) >= 11 is 2.31. The van der Waals surface area contributed by atoms with E-state index in [2.05, 4.69) is 4.98 Å². The Bertz CT molecular complexity index is 608. The molecule has 0 aliphatic carbocycles. The van der Waals surface area contributed by atoms with Crippen molar-refractivity contribution in [3.8, 4) is 0 Å². The second-order valence-corrected chi connectivity index (χ2v) is 5.66. The molecule has 0 amide bonds. The van der Waals surface area contributed by atoms with Crippen molar-refractivity contribution >= 4 is 29.1 Å². The molecule has 0 unspecified atom stereocenters. The maximum Gasteiger partial charge on any atom is 0.417 e. The molecule has 2 rings (SSSR count). The van der Waals surface area contributed by atoms with Gasteiger partial charge < -0.3 is 5.11 Å². The standard InChI is InChI=1S/C12H8F3NO2S2/c13-12(14,15)8-1-2-9(16-5-8)20-6-7-3-4-19-10(7)11(17)18/h1-5H,6H2,(H,17,18). The Morgan fingerprint density at radius 1 is 1.35 bits per heavy atom. The number of nitrogens with zero attached hydrogens (tertiary/aromatic N) is 1. The smallest absolute Gasteiger partial charge is 0.417 e. The molecule has 2 heterocycles. The molecule has 0 atom stereocenters. The number of carboxylic acid groups (broad SMARTS) is 1. The van der Waals surface area contributed by atoms with Gasteiger partial charge in [-0.25, -0.2) is 9.78 Å². The van der Waals surface area contributed by atoms with Crippen LogP contribution in [0.2, 0.25) is 0 Å². The second-order valence-electron chi connectivity index (χ2n) is 3.75. The number of halogens is 3. The Balaban J connectivity index is 2.04. The van der Waals surface area contributed by atoms with E-state index < -0.39 is 17.7 Å². The molecular weight excluding hydrogens is 311 g/mol. The SMILES string of the molecule is O=C(O)c1sccc1CSc1ccc(C(F)(F)F)cn1. The number of carboxylic acids is 1. The Morgan fingerprint density at radius 2 is 2.10 bits per heavy atom. The summed E-state index contributed by atoms with van der Waals surface area (Å²) in [6, 6.07) is 3.92. The van der Waals surface area contributed by atoms with Crippen LogP contribution in [-0.4, -0.2) is 16.1 Å². The van der Waals surface area contributed by atoms with Crippen LogP contribution in [0.25, 0.3) is 0 Å². The van der Waals surface area contributed by atoms with Gasteiger partial charge in [0.25, 0.3) is 0 Å². The molecule has 0 radical (unpaired) electrons. The topological polar surface area (TPSA) is 50.2 Å².